The van der Waals surface area contributed by atoms with E-state index in [1.165, 1.54) is 6.42 Å². The third kappa shape index (κ3) is 3.56. The summed E-state index contributed by atoms with van der Waals surface area (Å²) in [5.41, 5.74) is 0.547. The van der Waals surface area contributed by atoms with Crippen LogP contribution in [0.5, 0.6) is 0 Å². The molecule has 0 aromatic carbocycles. The van der Waals surface area contributed by atoms with Crippen LogP contribution in [0.2, 0.25) is 0 Å². The van der Waals surface area contributed by atoms with E-state index in [4.69, 9.17) is 10.00 Å². The van der Waals surface area contributed by atoms with E-state index in [2.05, 4.69) is 39.8 Å². The van der Waals surface area contributed by atoms with Crippen LogP contribution in [-0.2, 0) is 4.74 Å². The molecule has 1 aliphatic carbocycles. The van der Waals surface area contributed by atoms with Crippen LogP contribution in [0.1, 0.15) is 53.4 Å². The van der Waals surface area contributed by atoms with Crippen molar-refractivity contribution in [3.8, 4) is 6.26 Å². The minimum absolute atomic E-state index is 0.101. The van der Waals surface area contributed by atoms with Gasteiger partial charge in [-0.2, -0.15) is 5.26 Å². The summed E-state index contributed by atoms with van der Waals surface area (Å²) in [6.45, 7) is 8.91. The van der Waals surface area contributed by atoms with Crippen molar-refractivity contribution in [3.05, 3.63) is 12.2 Å². The Morgan fingerprint density at radius 2 is 2.06 bits per heavy atom. The number of hydrogen-bond acceptors (Lipinski definition) is 2. The summed E-state index contributed by atoms with van der Waals surface area (Å²) in [5, 5.41) is 8.65. The predicted octanol–water partition coefficient (Wildman–Crippen LogP) is 4.04. The van der Waals surface area contributed by atoms with Crippen LogP contribution < -0.4 is 0 Å². The number of hydrogen-bond donors (Lipinski definition) is 0. The van der Waals surface area contributed by atoms with Gasteiger partial charge in [0.1, 0.15) is 6.10 Å². The quantitative estimate of drug-likeness (QED) is 0.532. The third-order valence-electron chi connectivity index (χ3n) is 3.47. The summed E-state index contributed by atoms with van der Waals surface area (Å²) < 4.78 is 5.18. The van der Waals surface area contributed by atoms with Crippen molar-refractivity contribution in [3.63, 3.8) is 0 Å². The Morgan fingerprint density at radius 3 is 2.62 bits per heavy atom. The highest BCUT2D eigenvalue weighted by molar-refractivity contribution is 4.97. The van der Waals surface area contributed by atoms with Crippen LogP contribution in [0.3, 0.4) is 0 Å². The second-order valence-electron chi connectivity index (χ2n) is 6.16. The van der Waals surface area contributed by atoms with Crippen LogP contribution in [0.4, 0.5) is 0 Å². The first-order valence-electron chi connectivity index (χ1n) is 6.07. The Balaban J connectivity index is 2.75. The largest absolute Gasteiger partial charge is 0.424 e. The SMILES string of the molecule is CC=CCC1(C)CC(OC#N)CC(C)(C)C1. The molecule has 2 unspecified atom stereocenters. The van der Waals surface area contributed by atoms with Crippen molar-refractivity contribution >= 4 is 0 Å². The molecular formula is C14H23NO. The van der Waals surface area contributed by atoms with Gasteiger partial charge in [0.2, 0.25) is 0 Å². The molecule has 1 saturated carbocycles. The molecule has 1 aliphatic rings. The number of nitrogens with zero attached hydrogens (tertiary/aromatic N) is 1. The number of rotatable bonds is 3. The molecule has 0 heterocycles. The highest BCUT2D eigenvalue weighted by atomic mass is 16.5. The lowest BCUT2D eigenvalue weighted by Gasteiger charge is -2.45. The van der Waals surface area contributed by atoms with Crippen molar-refractivity contribution in [1.29, 1.82) is 5.26 Å². The van der Waals surface area contributed by atoms with Crippen LogP contribution in [0, 0.1) is 22.3 Å². The van der Waals surface area contributed by atoms with Crippen molar-refractivity contribution < 1.29 is 4.74 Å². The summed E-state index contributed by atoms with van der Waals surface area (Å²) >= 11 is 0. The van der Waals surface area contributed by atoms with Gasteiger partial charge in [-0.1, -0.05) is 32.9 Å². The molecule has 0 spiro atoms. The van der Waals surface area contributed by atoms with E-state index in [-0.39, 0.29) is 16.9 Å². The molecule has 0 bridgehead atoms. The van der Waals surface area contributed by atoms with E-state index in [0.29, 0.717) is 0 Å². The zero-order valence-corrected chi connectivity index (χ0v) is 10.9. The molecular weight excluding hydrogens is 198 g/mol. The smallest absolute Gasteiger partial charge is 0.286 e. The van der Waals surface area contributed by atoms with E-state index in [1.807, 2.05) is 6.26 Å². The van der Waals surface area contributed by atoms with Crippen LogP contribution >= 0.6 is 0 Å². The molecule has 2 atom stereocenters. The van der Waals surface area contributed by atoms with Crippen molar-refractivity contribution in [2.24, 2.45) is 10.8 Å². The standard InChI is InChI=1S/C14H23NO/c1-5-6-7-14(4)9-12(16-11-15)8-13(2,3)10-14/h5-6,12H,7-10H2,1-4H3. The van der Waals surface area contributed by atoms with Crippen molar-refractivity contribution in [2.75, 3.05) is 0 Å². The first-order chi connectivity index (χ1) is 7.41. The minimum atomic E-state index is 0.101. The normalized spacial score (nSPS) is 33.6. The molecule has 0 radical (unpaired) electrons. The highest BCUT2D eigenvalue weighted by Gasteiger charge is 2.41. The summed E-state index contributed by atoms with van der Waals surface area (Å²) in [6, 6.07) is 0. The maximum absolute atomic E-state index is 8.65. The average Bonchev–Trinajstić information content (AvgIpc) is 2.12. The van der Waals surface area contributed by atoms with Crippen LogP contribution in [0.15, 0.2) is 12.2 Å². The molecule has 0 aromatic rings. The number of ether oxygens (including phenoxy) is 1. The first-order valence-corrected chi connectivity index (χ1v) is 6.07. The van der Waals surface area contributed by atoms with Crippen LogP contribution in [-0.4, -0.2) is 6.10 Å². The molecule has 0 N–H and O–H groups in total. The molecule has 2 heteroatoms. The van der Waals surface area contributed by atoms with Gasteiger partial charge in [0, 0.05) is 0 Å². The average molecular weight is 221 g/mol. The molecule has 2 nitrogen and oxygen atoms in total. The van der Waals surface area contributed by atoms with Crippen molar-refractivity contribution in [2.45, 2.75) is 59.5 Å². The molecule has 16 heavy (non-hydrogen) atoms. The fourth-order valence-corrected chi connectivity index (χ4v) is 3.25. The maximum Gasteiger partial charge on any atom is 0.286 e. The highest BCUT2D eigenvalue weighted by Crippen LogP contribution is 2.48. The number of allylic oxidation sites excluding steroid dienone is 2. The van der Waals surface area contributed by atoms with Gasteiger partial charge in [-0.05, 0) is 43.4 Å². The topological polar surface area (TPSA) is 33.0 Å². The Kier molecular flexibility index (Phi) is 4.02. The lowest BCUT2D eigenvalue weighted by molar-refractivity contribution is -0.00977. The zero-order valence-electron chi connectivity index (χ0n) is 10.9. The molecule has 0 amide bonds. The molecule has 0 aliphatic heterocycles. The summed E-state index contributed by atoms with van der Waals surface area (Å²) in [6.07, 6.45) is 10.6. The van der Waals surface area contributed by atoms with Gasteiger partial charge in [0.05, 0.1) is 0 Å². The van der Waals surface area contributed by atoms with E-state index in [1.54, 1.807) is 0 Å². The Bertz CT molecular complexity index is 300. The van der Waals surface area contributed by atoms with Crippen LogP contribution in [0.25, 0.3) is 0 Å². The van der Waals surface area contributed by atoms with E-state index in [0.717, 1.165) is 19.3 Å². The maximum atomic E-state index is 8.65. The first kappa shape index (κ1) is 13.1. The summed E-state index contributed by atoms with van der Waals surface area (Å²) in [4.78, 5) is 0. The molecule has 0 aromatic heterocycles. The summed E-state index contributed by atoms with van der Waals surface area (Å²) in [5.74, 6) is 0. The van der Waals surface area contributed by atoms with Gasteiger partial charge in [-0.15, -0.1) is 0 Å². The minimum Gasteiger partial charge on any atom is -0.424 e. The number of nitriles is 1. The molecule has 90 valence electrons. The van der Waals surface area contributed by atoms with E-state index in [9.17, 15) is 0 Å². The van der Waals surface area contributed by atoms with Gasteiger partial charge in [-0.3, -0.25) is 0 Å². The zero-order chi connectivity index (χ0) is 12.2. The Hall–Kier alpha value is -0.970. The fraction of sp³-hybridized carbons (Fsp3) is 0.786. The van der Waals surface area contributed by atoms with Gasteiger partial charge < -0.3 is 4.74 Å². The Labute approximate surface area is 99.3 Å². The fourth-order valence-electron chi connectivity index (χ4n) is 3.25. The Morgan fingerprint density at radius 1 is 1.38 bits per heavy atom. The van der Waals surface area contributed by atoms with Gasteiger partial charge in [0.25, 0.3) is 6.26 Å². The third-order valence-corrected chi connectivity index (χ3v) is 3.47. The monoisotopic (exact) mass is 221 g/mol. The van der Waals surface area contributed by atoms with Crippen molar-refractivity contribution in [1.82, 2.24) is 0 Å². The molecule has 1 fully saturated rings. The second kappa shape index (κ2) is 4.91. The van der Waals surface area contributed by atoms with E-state index < -0.39 is 0 Å². The second-order valence-corrected chi connectivity index (χ2v) is 6.16. The van der Waals surface area contributed by atoms with Gasteiger partial charge in [-0.25, -0.2) is 0 Å². The molecule has 1 rings (SSSR count). The van der Waals surface area contributed by atoms with Gasteiger partial charge >= 0.3 is 0 Å². The molecule has 0 saturated heterocycles. The predicted molar refractivity (Wildman–Crippen MR) is 65.7 cm³/mol. The van der Waals surface area contributed by atoms with Gasteiger partial charge in [0.15, 0.2) is 0 Å². The lowest BCUT2D eigenvalue weighted by atomic mass is 9.62. The lowest BCUT2D eigenvalue weighted by Crippen LogP contribution is -2.38. The summed E-state index contributed by atoms with van der Waals surface area (Å²) in [7, 11) is 0. The van der Waals surface area contributed by atoms with E-state index >= 15 is 0 Å².